The molecule has 33 heavy (non-hydrogen) atoms. The number of aryl methyl sites for hydroxylation is 1. The van der Waals surface area contributed by atoms with Gasteiger partial charge in [0.2, 0.25) is 17.8 Å². The third-order valence-corrected chi connectivity index (χ3v) is 7.07. The van der Waals surface area contributed by atoms with Crippen LogP contribution in [-0.4, -0.2) is 48.9 Å². The Morgan fingerprint density at radius 1 is 1.09 bits per heavy atom. The number of nitrogens with two attached hydrogens (primary N) is 1. The lowest BCUT2D eigenvalue weighted by atomic mass is 9.91. The number of carbonyl (C=O) groups is 1. The number of rotatable bonds is 4. The van der Waals surface area contributed by atoms with Crippen molar-refractivity contribution in [3.63, 3.8) is 0 Å². The summed E-state index contributed by atoms with van der Waals surface area (Å²) < 4.78 is 2.00. The molecule has 5 rings (SSSR count). The van der Waals surface area contributed by atoms with Gasteiger partial charge in [0.15, 0.2) is 5.82 Å². The van der Waals surface area contributed by atoms with Gasteiger partial charge in [-0.05, 0) is 51.7 Å². The minimum Gasteiger partial charge on any atom is -0.368 e. The highest BCUT2D eigenvalue weighted by atomic mass is 16.2. The van der Waals surface area contributed by atoms with Crippen molar-refractivity contribution >= 4 is 23.3 Å². The summed E-state index contributed by atoms with van der Waals surface area (Å²) in [4.78, 5) is 33.1. The summed E-state index contributed by atoms with van der Waals surface area (Å²) in [6.07, 6.45) is 11.4. The third kappa shape index (κ3) is 4.49. The lowest BCUT2D eigenvalue weighted by Crippen LogP contribution is -2.49. The van der Waals surface area contributed by atoms with E-state index < -0.39 is 0 Å². The van der Waals surface area contributed by atoms with E-state index in [1.54, 1.807) is 0 Å². The molecular weight excluding hydrogens is 416 g/mol. The molecule has 1 amide bonds. The van der Waals surface area contributed by atoms with Crippen LogP contribution >= 0.6 is 0 Å². The van der Waals surface area contributed by atoms with Crippen LogP contribution in [0.5, 0.6) is 0 Å². The van der Waals surface area contributed by atoms with Crippen molar-refractivity contribution in [2.75, 3.05) is 17.2 Å². The molecule has 9 nitrogen and oxygen atoms in total. The van der Waals surface area contributed by atoms with Crippen molar-refractivity contribution in [2.24, 2.45) is 5.92 Å². The third-order valence-electron chi connectivity index (χ3n) is 7.07. The Morgan fingerprint density at radius 2 is 1.91 bits per heavy atom. The Morgan fingerprint density at radius 3 is 2.73 bits per heavy atom. The Bertz CT molecular complexity index is 1150. The summed E-state index contributed by atoms with van der Waals surface area (Å²) in [7, 11) is 0. The second-order valence-corrected chi connectivity index (χ2v) is 9.45. The zero-order chi connectivity index (χ0) is 22.9. The number of carbonyl (C=O) groups excluding carboxylic acids is 1. The smallest absolute Gasteiger partial charge is 0.230 e. The van der Waals surface area contributed by atoms with Gasteiger partial charge in [0.05, 0.1) is 17.6 Å². The van der Waals surface area contributed by atoms with Gasteiger partial charge in [0, 0.05) is 30.4 Å². The van der Waals surface area contributed by atoms with Crippen molar-refractivity contribution in [2.45, 2.75) is 70.9 Å². The fourth-order valence-electron chi connectivity index (χ4n) is 5.06. The first-order valence-corrected chi connectivity index (χ1v) is 12.0. The first kappa shape index (κ1) is 21.6. The van der Waals surface area contributed by atoms with Crippen LogP contribution in [0.25, 0.3) is 16.9 Å². The zero-order valence-corrected chi connectivity index (χ0v) is 19.4. The highest BCUT2D eigenvalue weighted by molar-refractivity contribution is 5.80. The number of pyridine rings is 1. The van der Waals surface area contributed by atoms with Crippen LogP contribution in [0.3, 0.4) is 0 Å². The molecular formula is C24H32N8O. The van der Waals surface area contributed by atoms with E-state index >= 15 is 0 Å². The highest BCUT2D eigenvalue weighted by Crippen LogP contribution is 2.28. The largest absolute Gasteiger partial charge is 0.368 e. The Labute approximate surface area is 193 Å². The molecule has 1 aliphatic carbocycles. The molecule has 1 aliphatic heterocycles. The highest BCUT2D eigenvalue weighted by Gasteiger charge is 2.33. The SMILES string of the molecule is Cc1ncc2ccc(-c3nc(N)nc(N4C[C@H](C(=O)NC5CCCCC5)CC[C@@H]4C)n3)cn12. The number of hydrogen-bond donors (Lipinski definition) is 2. The maximum Gasteiger partial charge on any atom is 0.230 e. The molecule has 0 bridgehead atoms. The molecule has 0 spiro atoms. The molecule has 1 saturated carbocycles. The quantitative estimate of drug-likeness (QED) is 0.630. The van der Waals surface area contributed by atoms with Crippen molar-refractivity contribution in [1.82, 2.24) is 29.7 Å². The molecule has 0 radical (unpaired) electrons. The normalized spacial score (nSPS) is 21.9. The van der Waals surface area contributed by atoms with E-state index in [-0.39, 0.29) is 23.8 Å². The van der Waals surface area contributed by atoms with Crippen molar-refractivity contribution < 1.29 is 4.79 Å². The van der Waals surface area contributed by atoms with Crippen LogP contribution in [0.1, 0.15) is 57.7 Å². The Hall–Kier alpha value is -3.23. The maximum atomic E-state index is 13.0. The van der Waals surface area contributed by atoms with Crippen molar-refractivity contribution in [1.29, 1.82) is 0 Å². The van der Waals surface area contributed by atoms with Crippen molar-refractivity contribution in [3.05, 3.63) is 30.4 Å². The van der Waals surface area contributed by atoms with Crippen LogP contribution < -0.4 is 16.0 Å². The van der Waals surface area contributed by atoms with Crippen LogP contribution in [-0.2, 0) is 4.79 Å². The fraction of sp³-hybridized carbons (Fsp3) is 0.542. The van der Waals surface area contributed by atoms with E-state index in [1.807, 2.05) is 35.9 Å². The summed E-state index contributed by atoms with van der Waals surface area (Å²) >= 11 is 0. The molecule has 2 fully saturated rings. The average Bonchev–Trinajstić information content (AvgIpc) is 3.19. The molecule has 3 aromatic heterocycles. The summed E-state index contributed by atoms with van der Waals surface area (Å²) in [6, 6.07) is 4.50. The van der Waals surface area contributed by atoms with E-state index in [9.17, 15) is 4.79 Å². The summed E-state index contributed by atoms with van der Waals surface area (Å²) in [5, 5.41) is 3.29. The number of nitrogens with one attached hydrogen (secondary N) is 1. The number of imidazole rings is 1. The predicted octanol–water partition coefficient (Wildman–Crippen LogP) is 3.13. The standard InChI is InChI=1S/C24H32N8O/c1-15-8-9-18(22(33)27-19-6-4-3-5-7-19)14-31(15)24-29-21(28-23(25)30-24)17-10-11-20-12-26-16(2)32(20)13-17/h10-13,15,18-19H,3-9,14H2,1-2H3,(H,27,33)(H2,25,28,29,30)/t15-,18+/m0/s1. The zero-order valence-electron chi connectivity index (χ0n) is 19.4. The summed E-state index contributed by atoms with van der Waals surface area (Å²) in [5.74, 6) is 2.21. The van der Waals surface area contributed by atoms with Gasteiger partial charge >= 0.3 is 0 Å². The molecule has 174 valence electrons. The number of fused-ring (bicyclic) bond motifs is 1. The summed E-state index contributed by atoms with van der Waals surface area (Å²) in [6.45, 7) is 4.69. The van der Waals surface area contributed by atoms with E-state index in [0.29, 0.717) is 24.4 Å². The molecule has 0 aromatic carbocycles. The second kappa shape index (κ2) is 8.96. The Balaban J connectivity index is 1.38. The molecule has 0 unspecified atom stereocenters. The molecule has 2 atom stereocenters. The van der Waals surface area contributed by atoms with Gasteiger partial charge in [0.25, 0.3) is 0 Å². The molecule has 1 saturated heterocycles. The van der Waals surface area contributed by atoms with Gasteiger partial charge in [-0.3, -0.25) is 4.79 Å². The van der Waals surface area contributed by atoms with E-state index in [1.165, 1.54) is 19.3 Å². The first-order valence-electron chi connectivity index (χ1n) is 12.0. The van der Waals surface area contributed by atoms with Crippen LogP contribution in [0.4, 0.5) is 11.9 Å². The minimum absolute atomic E-state index is 0.0745. The number of nitrogens with zero attached hydrogens (tertiary/aromatic N) is 6. The van der Waals surface area contributed by atoms with Crippen LogP contribution in [0.15, 0.2) is 24.5 Å². The lowest BCUT2D eigenvalue weighted by Gasteiger charge is -2.38. The van der Waals surface area contributed by atoms with E-state index in [4.69, 9.17) is 10.7 Å². The van der Waals surface area contributed by atoms with E-state index in [2.05, 4.69) is 32.1 Å². The predicted molar refractivity (Wildman–Crippen MR) is 128 cm³/mol. The van der Waals surface area contributed by atoms with Gasteiger partial charge in [-0.2, -0.15) is 15.0 Å². The maximum absolute atomic E-state index is 13.0. The van der Waals surface area contributed by atoms with Crippen LogP contribution in [0.2, 0.25) is 0 Å². The van der Waals surface area contributed by atoms with Gasteiger partial charge in [-0.15, -0.1) is 0 Å². The molecule has 2 aliphatic rings. The number of piperidine rings is 1. The number of nitrogen functional groups attached to an aromatic ring is 1. The molecule has 9 heteroatoms. The van der Waals surface area contributed by atoms with Gasteiger partial charge < -0.3 is 20.4 Å². The first-order chi connectivity index (χ1) is 16.0. The van der Waals surface area contributed by atoms with Crippen molar-refractivity contribution in [3.8, 4) is 11.4 Å². The average molecular weight is 449 g/mol. The summed E-state index contributed by atoms with van der Waals surface area (Å²) in [5.41, 5.74) is 7.95. The second-order valence-electron chi connectivity index (χ2n) is 9.45. The number of hydrogen-bond acceptors (Lipinski definition) is 7. The molecule has 4 heterocycles. The van der Waals surface area contributed by atoms with Gasteiger partial charge in [0.1, 0.15) is 5.82 Å². The number of anilines is 2. The molecule has 3 aromatic rings. The molecule has 3 N–H and O–H groups in total. The lowest BCUT2D eigenvalue weighted by molar-refractivity contribution is -0.126. The van der Waals surface area contributed by atoms with Gasteiger partial charge in [-0.1, -0.05) is 19.3 Å². The monoisotopic (exact) mass is 448 g/mol. The number of aromatic nitrogens is 5. The number of amides is 1. The van der Waals surface area contributed by atoms with Gasteiger partial charge in [-0.25, -0.2) is 4.98 Å². The van der Waals surface area contributed by atoms with Crippen LogP contribution in [0, 0.1) is 12.8 Å². The Kier molecular flexibility index (Phi) is 5.86. The van der Waals surface area contributed by atoms with E-state index in [0.717, 1.165) is 42.6 Å². The minimum atomic E-state index is -0.0745. The fourth-order valence-corrected chi connectivity index (χ4v) is 5.06. The topological polar surface area (TPSA) is 114 Å².